The van der Waals surface area contributed by atoms with Gasteiger partial charge in [-0.1, -0.05) is 38.8 Å². The Morgan fingerprint density at radius 1 is 1.18 bits per heavy atom. The molecule has 98 valence electrons. The molecule has 2 aliphatic carbocycles. The number of hydrogen-bond donors (Lipinski definition) is 1. The molecule has 1 nitrogen and oxygen atoms in total. The molecule has 0 aromatic carbocycles. The van der Waals surface area contributed by atoms with Gasteiger partial charge in [-0.2, -0.15) is 0 Å². The van der Waals surface area contributed by atoms with Crippen LogP contribution in [0.4, 0.5) is 0 Å². The van der Waals surface area contributed by atoms with Gasteiger partial charge in [0, 0.05) is 6.61 Å². The second kappa shape index (κ2) is 4.42. The Kier molecular flexibility index (Phi) is 3.42. The highest BCUT2D eigenvalue weighted by molar-refractivity contribution is 5.32. The third-order valence-corrected chi connectivity index (χ3v) is 5.65. The van der Waals surface area contributed by atoms with Gasteiger partial charge in [0.05, 0.1) is 0 Å². The van der Waals surface area contributed by atoms with Gasteiger partial charge in [-0.3, -0.25) is 0 Å². The molecule has 0 bridgehead atoms. The van der Waals surface area contributed by atoms with Crippen molar-refractivity contribution in [1.82, 2.24) is 0 Å². The molecule has 0 aliphatic heterocycles. The largest absolute Gasteiger partial charge is 0.396 e. The molecule has 0 fully saturated rings. The molecule has 0 heterocycles. The maximum atomic E-state index is 9.40. The summed E-state index contributed by atoms with van der Waals surface area (Å²) >= 11 is 0. The maximum absolute atomic E-state index is 9.40. The second-order valence-corrected chi connectivity index (χ2v) is 7.03. The van der Waals surface area contributed by atoms with Crippen molar-refractivity contribution in [2.45, 2.75) is 66.2 Å². The summed E-state index contributed by atoms with van der Waals surface area (Å²) in [6.45, 7) is 9.93. The van der Waals surface area contributed by atoms with E-state index in [-0.39, 0.29) is 5.41 Å². The minimum absolute atomic E-state index is 0.264. The van der Waals surface area contributed by atoms with Crippen LogP contribution in [-0.2, 0) is 0 Å². The molecule has 1 N–H and O–H groups in total. The predicted octanol–water partition coefficient (Wildman–Crippen LogP) is 4.31. The van der Waals surface area contributed by atoms with Crippen LogP contribution in [0, 0.1) is 16.7 Å². The normalized spacial score (nSPS) is 36.9. The van der Waals surface area contributed by atoms with Crippen LogP contribution in [0.1, 0.15) is 66.2 Å². The topological polar surface area (TPSA) is 20.2 Å². The molecule has 0 aromatic heterocycles. The van der Waals surface area contributed by atoms with E-state index in [0.29, 0.717) is 12.0 Å². The van der Waals surface area contributed by atoms with Gasteiger partial charge in [-0.25, -0.2) is 0 Å². The molecule has 0 amide bonds. The van der Waals surface area contributed by atoms with E-state index in [1.807, 2.05) is 0 Å². The molecule has 0 unspecified atom stereocenters. The predicted molar refractivity (Wildman–Crippen MR) is 72.9 cm³/mol. The fourth-order valence-electron chi connectivity index (χ4n) is 4.14. The zero-order valence-electron chi connectivity index (χ0n) is 12.0. The Hall–Kier alpha value is -0.300. The minimum Gasteiger partial charge on any atom is -0.396 e. The van der Waals surface area contributed by atoms with Gasteiger partial charge in [0.25, 0.3) is 0 Å². The Morgan fingerprint density at radius 2 is 1.88 bits per heavy atom. The summed E-state index contributed by atoms with van der Waals surface area (Å²) in [5.74, 6) is 0.724. The van der Waals surface area contributed by atoms with E-state index >= 15 is 0 Å². The lowest BCUT2D eigenvalue weighted by molar-refractivity contribution is 0.133. The Bertz CT molecular complexity index is 326. The van der Waals surface area contributed by atoms with Crippen LogP contribution < -0.4 is 0 Å². The Morgan fingerprint density at radius 3 is 2.53 bits per heavy atom. The Labute approximate surface area is 106 Å². The van der Waals surface area contributed by atoms with Gasteiger partial charge in [0.2, 0.25) is 0 Å². The molecule has 0 spiro atoms. The average molecular weight is 236 g/mol. The van der Waals surface area contributed by atoms with Crippen LogP contribution in [0.5, 0.6) is 0 Å². The molecule has 2 aliphatic rings. The first-order valence-corrected chi connectivity index (χ1v) is 7.25. The molecule has 0 saturated heterocycles. The van der Waals surface area contributed by atoms with E-state index in [4.69, 9.17) is 0 Å². The van der Waals surface area contributed by atoms with Crippen LogP contribution in [0.25, 0.3) is 0 Å². The molecule has 2 atom stereocenters. The van der Waals surface area contributed by atoms with Crippen LogP contribution in [0.3, 0.4) is 0 Å². The molecule has 0 aromatic rings. The number of aliphatic hydroxyl groups is 1. The average Bonchev–Trinajstić information content (AvgIpc) is 2.24. The molecule has 0 radical (unpaired) electrons. The molecule has 1 heteroatoms. The lowest BCUT2D eigenvalue weighted by Gasteiger charge is -2.49. The quantitative estimate of drug-likeness (QED) is 0.708. The van der Waals surface area contributed by atoms with Gasteiger partial charge < -0.3 is 5.11 Å². The van der Waals surface area contributed by atoms with Crippen molar-refractivity contribution in [2.75, 3.05) is 6.61 Å². The standard InChI is InChI=1S/C16H28O/c1-12-7-8-13-14(16(12,4)10-11-17)6-5-9-15(13,2)3/h12,17H,5-11H2,1-4H3/t12-,16+/m1/s1. The highest BCUT2D eigenvalue weighted by atomic mass is 16.3. The van der Waals surface area contributed by atoms with E-state index in [9.17, 15) is 5.11 Å². The molecule has 17 heavy (non-hydrogen) atoms. The summed E-state index contributed by atoms with van der Waals surface area (Å²) in [4.78, 5) is 0. The van der Waals surface area contributed by atoms with Crippen molar-refractivity contribution in [3.8, 4) is 0 Å². The second-order valence-electron chi connectivity index (χ2n) is 7.03. The minimum atomic E-state index is 0.264. The third kappa shape index (κ3) is 2.07. The first-order valence-electron chi connectivity index (χ1n) is 7.25. The summed E-state index contributed by atoms with van der Waals surface area (Å²) in [7, 11) is 0. The van der Waals surface area contributed by atoms with Gasteiger partial charge in [-0.05, 0) is 55.3 Å². The van der Waals surface area contributed by atoms with Crippen molar-refractivity contribution in [3.63, 3.8) is 0 Å². The van der Waals surface area contributed by atoms with Crippen molar-refractivity contribution >= 4 is 0 Å². The third-order valence-electron chi connectivity index (χ3n) is 5.65. The smallest absolute Gasteiger partial charge is 0.0439 e. The molecular formula is C16H28O. The van der Waals surface area contributed by atoms with E-state index in [1.165, 1.54) is 32.1 Å². The monoisotopic (exact) mass is 236 g/mol. The van der Waals surface area contributed by atoms with Crippen LogP contribution >= 0.6 is 0 Å². The van der Waals surface area contributed by atoms with E-state index in [2.05, 4.69) is 27.7 Å². The maximum Gasteiger partial charge on any atom is 0.0439 e. The summed E-state index contributed by atoms with van der Waals surface area (Å²) in [5, 5.41) is 9.40. The van der Waals surface area contributed by atoms with Gasteiger partial charge in [0.1, 0.15) is 0 Å². The number of hydrogen-bond acceptors (Lipinski definition) is 1. The zero-order valence-corrected chi connectivity index (χ0v) is 12.0. The first kappa shape index (κ1) is 13.1. The van der Waals surface area contributed by atoms with E-state index < -0.39 is 0 Å². The van der Waals surface area contributed by atoms with Crippen LogP contribution in [0.2, 0.25) is 0 Å². The summed E-state index contributed by atoms with van der Waals surface area (Å²) in [6, 6.07) is 0. The van der Waals surface area contributed by atoms with Crippen molar-refractivity contribution < 1.29 is 5.11 Å². The van der Waals surface area contributed by atoms with E-state index in [1.54, 1.807) is 11.1 Å². The lowest BCUT2D eigenvalue weighted by atomic mass is 9.56. The highest BCUT2D eigenvalue weighted by Crippen LogP contribution is 2.56. The summed E-state index contributed by atoms with van der Waals surface area (Å²) in [6.07, 6.45) is 7.50. The molecule has 0 saturated carbocycles. The van der Waals surface area contributed by atoms with Gasteiger partial charge in [0.15, 0.2) is 0 Å². The zero-order chi connectivity index (χ0) is 12.7. The van der Waals surface area contributed by atoms with Crippen molar-refractivity contribution in [2.24, 2.45) is 16.7 Å². The van der Waals surface area contributed by atoms with Gasteiger partial charge >= 0.3 is 0 Å². The Balaban J connectivity index is 2.44. The molecule has 2 rings (SSSR count). The molecular weight excluding hydrogens is 208 g/mol. The number of rotatable bonds is 2. The SMILES string of the molecule is C[C@@H]1CCC2=C(CCCC2(C)C)[C@@]1(C)CCO. The summed E-state index contributed by atoms with van der Waals surface area (Å²) in [5.41, 5.74) is 4.11. The fourth-order valence-corrected chi connectivity index (χ4v) is 4.14. The van der Waals surface area contributed by atoms with E-state index in [0.717, 1.165) is 12.3 Å². The van der Waals surface area contributed by atoms with Gasteiger partial charge in [-0.15, -0.1) is 0 Å². The highest BCUT2D eigenvalue weighted by Gasteiger charge is 2.43. The first-order chi connectivity index (χ1) is 7.92. The number of allylic oxidation sites excluding steroid dienone is 2. The van der Waals surface area contributed by atoms with Crippen LogP contribution in [-0.4, -0.2) is 11.7 Å². The van der Waals surface area contributed by atoms with Crippen molar-refractivity contribution in [3.05, 3.63) is 11.1 Å². The lowest BCUT2D eigenvalue weighted by Crippen LogP contribution is -2.38. The fraction of sp³-hybridized carbons (Fsp3) is 0.875. The number of aliphatic hydroxyl groups excluding tert-OH is 1. The van der Waals surface area contributed by atoms with Crippen molar-refractivity contribution in [1.29, 1.82) is 0 Å². The summed E-state index contributed by atoms with van der Waals surface area (Å²) < 4.78 is 0. The van der Waals surface area contributed by atoms with Crippen LogP contribution in [0.15, 0.2) is 11.1 Å².